The van der Waals surface area contributed by atoms with Gasteiger partial charge in [-0.15, -0.1) is 11.3 Å². The Morgan fingerprint density at radius 1 is 1.38 bits per heavy atom. The van der Waals surface area contributed by atoms with Gasteiger partial charge in [-0.2, -0.15) is 0 Å². The molecule has 29 heavy (non-hydrogen) atoms. The number of urea groups is 1. The van der Waals surface area contributed by atoms with E-state index in [9.17, 15) is 9.59 Å². The number of nitrogens with one attached hydrogen (secondary N) is 2. The number of aromatic nitrogens is 1. The summed E-state index contributed by atoms with van der Waals surface area (Å²) >= 11 is 1.40. The van der Waals surface area contributed by atoms with Gasteiger partial charge in [0.25, 0.3) is 0 Å². The highest BCUT2D eigenvalue weighted by molar-refractivity contribution is 7.13. The largest absolute Gasteiger partial charge is 0.466 e. The Bertz CT molecular complexity index is 890. The molecule has 0 radical (unpaired) electrons. The van der Waals surface area contributed by atoms with Crippen molar-refractivity contribution in [2.24, 2.45) is 11.3 Å². The van der Waals surface area contributed by atoms with Crippen LogP contribution in [0.3, 0.4) is 0 Å². The topological polar surface area (TPSA) is 87.5 Å². The van der Waals surface area contributed by atoms with Crippen molar-refractivity contribution in [3.05, 3.63) is 34.7 Å². The molecule has 1 aliphatic carbocycles. The molecule has 2 aliphatic rings. The van der Waals surface area contributed by atoms with Crippen LogP contribution >= 0.6 is 11.3 Å². The van der Waals surface area contributed by atoms with Gasteiger partial charge in [-0.3, -0.25) is 4.79 Å². The monoisotopic (exact) mass is 416 g/mol. The fourth-order valence-corrected chi connectivity index (χ4v) is 4.95. The molecule has 2 atom stereocenters. The van der Waals surface area contributed by atoms with Gasteiger partial charge in [0, 0.05) is 36.7 Å². The van der Waals surface area contributed by atoms with Crippen molar-refractivity contribution in [3.63, 3.8) is 0 Å². The molecule has 1 fully saturated rings. The first-order chi connectivity index (χ1) is 13.8. The van der Waals surface area contributed by atoms with Gasteiger partial charge in [0.2, 0.25) is 5.91 Å². The number of rotatable bonds is 3. The number of hydrogen-bond acceptors (Lipinski definition) is 5. The second kappa shape index (κ2) is 7.82. The quantitative estimate of drug-likeness (QED) is 0.788. The first kappa shape index (κ1) is 19.9. The predicted octanol–water partition coefficient (Wildman–Crippen LogP) is 4.12. The zero-order valence-electron chi connectivity index (χ0n) is 17.2. The summed E-state index contributed by atoms with van der Waals surface area (Å²) < 4.78 is 5.87. The Morgan fingerprint density at radius 3 is 2.97 bits per heavy atom. The fraction of sp³-hybridized carbons (Fsp3) is 0.571. The molecule has 0 bridgehead atoms. The molecule has 8 heteroatoms. The summed E-state index contributed by atoms with van der Waals surface area (Å²) in [4.78, 5) is 31.5. The molecule has 2 N–H and O–H groups in total. The average Bonchev–Trinajstić information content (AvgIpc) is 3.29. The van der Waals surface area contributed by atoms with Crippen molar-refractivity contribution >= 4 is 28.4 Å². The molecule has 2 aromatic rings. The van der Waals surface area contributed by atoms with Crippen LogP contribution < -0.4 is 10.6 Å². The first-order valence-electron chi connectivity index (χ1n) is 10.2. The summed E-state index contributed by atoms with van der Waals surface area (Å²) in [5.41, 5.74) is 1.15. The molecule has 2 unspecified atom stereocenters. The van der Waals surface area contributed by atoms with Gasteiger partial charge >= 0.3 is 6.03 Å². The van der Waals surface area contributed by atoms with Crippen molar-refractivity contribution in [3.8, 4) is 0 Å². The number of amides is 3. The number of anilines is 1. The number of thiazole rings is 1. The van der Waals surface area contributed by atoms with Crippen LogP contribution in [0.25, 0.3) is 0 Å². The Balaban J connectivity index is 1.41. The number of nitrogens with zero attached hydrogens (tertiary/aromatic N) is 2. The zero-order valence-corrected chi connectivity index (χ0v) is 18.0. The van der Waals surface area contributed by atoms with Gasteiger partial charge in [-0.1, -0.05) is 13.8 Å². The van der Waals surface area contributed by atoms with E-state index in [1.165, 1.54) is 11.3 Å². The molecule has 156 valence electrons. The van der Waals surface area contributed by atoms with E-state index >= 15 is 0 Å². The molecular weight excluding hydrogens is 388 g/mol. The van der Waals surface area contributed by atoms with Crippen LogP contribution in [0.4, 0.5) is 9.93 Å². The Labute approximate surface area is 174 Å². The fourth-order valence-electron chi connectivity index (χ4n) is 4.42. The lowest BCUT2D eigenvalue weighted by Gasteiger charge is -2.37. The van der Waals surface area contributed by atoms with Gasteiger partial charge < -0.3 is 20.0 Å². The van der Waals surface area contributed by atoms with E-state index in [-0.39, 0.29) is 29.3 Å². The third-order valence-corrected chi connectivity index (χ3v) is 6.46. The molecule has 3 amide bonds. The second-order valence-electron chi connectivity index (χ2n) is 8.89. The lowest BCUT2D eigenvalue weighted by atomic mass is 9.75. The summed E-state index contributed by atoms with van der Waals surface area (Å²) in [7, 11) is 0. The summed E-state index contributed by atoms with van der Waals surface area (Å²) in [5, 5.41) is 8.49. The molecule has 1 aliphatic heterocycles. The van der Waals surface area contributed by atoms with Gasteiger partial charge in [-0.05, 0) is 37.7 Å². The number of piperidine rings is 1. The molecule has 1 saturated heterocycles. The highest BCUT2D eigenvalue weighted by Crippen LogP contribution is 2.42. The number of aryl methyl sites for hydroxylation is 1. The number of carbonyl (C=O) groups excluding carboxylic acids is 2. The highest BCUT2D eigenvalue weighted by atomic mass is 32.1. The lowest BCUT2D eigenvalue weighted by Crippen LogP contribution is -2.49. The maximum atomic E-state index is 13.0. The van der Waals surface area contributed by atoms with Gasteiger partial charge in [0.1, 0.15) is 11.5 Å². The van der Waals surface area contributed by atoms with Crippen LogP contribution in [0.15, 0.2) is 22.1 Å². The normalized spacial score (nSPS) is 23.3. The summed E-state index contributed by atoms with van der Waals surface area (Å²) in [6.45, 7) is 7.44. The van der Waals surface area contributed by atoms with Crippen LogP contribution in [0.1, 0.15) is 56.2 Å². The molecule has 7 nitrogen and oxygen atoms in total. The Hall–Kier alpha value is -2.35. The Morgan fingerprint density at radius 2 is 2.21 bits per heavy atom. The van der Waals surface area contributed by atoms with Crippen molar-refractivity contribution in [2.75, 3.05) is 18.4 Å². The molecule has 3 heterocycles. The van der Waals surface area contributed by atoms with Gasteiger partial charge in [-0.25, -0.2) is 9.78 Å². The second-order valence-corrected chi connectivity index (χ2v) is 9.79. The van der Waals surface area contributed by atoms with Crippen LogP contribution in [0, 0.1) is 18.3 Å². The molecular formula is C21H28N4O3S. The van der Waals surface area contributed by atoms with Crippen LogP contribution in [0.5, 0.6) is 0 Å². The maximum Gasteiger partial charge on any atom is 0.317 e. The number of hydrogen-bond donors (Lipinski definition) is 2. The predicted molar refractivity (Wildman–Crippen MR) is 112 cm³/mol. The third kappa shape index (κ3) is 4.47. The van der Waals surface area contributed by atoms with Crippen molar-refractivity contribution in [2.45, 2.75) is 52.5 Å². The van der Waals surface area contributed by atoms with E-state index in [1.54, 1.807) is 11.1 Å². The third-order valence-electron chi connectivity index (χ3n) is 5.78. The minimum Gasteiger partial charge on any atom is -0.466 e. The first-order valence-corrected chi connectivity index (χ1v) is 11.0. The standard InChI is InChI=1S/C21H28N4O3S/c1-13-9-15-16(10-21(2,3)11-17(15)28-13)23-20(27)25-7-4-5-14(12-25)18(26)24-19-22-6-8-29-19/h6,8-9,14,16H,4-5,7,10-12H2,1-3H3,(H,23,27)(H,22,24,26). The molecule has 2 aromatic heterocycles. The smallest absolute Gasteiger partial charge is 0.317 e. The van der Waals surface area contributed by atoms with Crippen molar-refractivity contribution < 1.29 is 14.0 Å². The van der Waals surface area contributed by atoms with E-state index < -0.39 is 0 Å². The highest BCUT2D eigenvalue weighted by Gasteiger charge is 2.37. The van der Waals surface area contributed by atoms with E-state index in [1.807, 2.05) is 18.4 Å². The van der Waals surface area contributed by atoms with Crippen LogP contribution in [-0.4, -0.2) is 34.9 Å². The number of likely N-dealkylation sites (tertiary alicyclic amines) is 1. The van der Waals surface area contributed by atoms with Gasteiger partial charge in [0.05, 0.1) is 12.0 Å². The summed E-state index contributed by atoms with van der Waals surface area (Å²) in [6.07, 6.45) is 5.01. The zero-order chi connectivity index (χ0) is 20.6. The van der Waals surface area contributed by atoms with E-state index in [0.29, 0.717) is 18.2 Å². The summed E-state index contributed by atoms with van der Waals surface area (Å²) in [6, 6.07) is 1.86. The Kier molecular flexibility index (Phi) is 5.38. The molecule has 0 aromatic carbocycles. The maximum absolute atomic E-state index is 13.0. The van der Waals surface area contributed by atoms with Crippen molar-refractivity contribution in [1.82, 2.24) is 15.2 Å². The number of fused-ring (bicyclic) bond motifs is 1. The van der Waals surface area contributed by atoms with Gasteiger partial charge in [0.15, 0.2) is 5.13 Å². The van der Waals surface area contributed by atoms with E-state index in [0.717, 1.165) is 42.8 Å². The minimum absolute atomic E-state index is 0.0628. The minimum atomic E-state index is -0.215. The molecule has 0 spiro atoms. The van der Waals surface area contributed by atoms with Crippen molar-refractivity contribution in [1.29, 1.82) is 0 Å². The van der Waals surface area contributed by atoms with Crippen LogP contribution in [-0.2, 0) is 11.2 Å². The SMILES string of the molecule is Cc1cc2c(o1)CC(C)(C)CC2NC(=O)N1CCCC(C(=O)Nc2nccs2)C1. The molecule has 4 rings (SSSR count). The average molecular weight is 417 g/mol. The molecule has 0 saturated carbocycles. The van der Waals surface area contributed by atoms with E-state index in [2.05, 4.69) is 29.5 Å². The number of carbonyl (C=O) groups is 2. The van der Waals surface area contributed by atoms with E-state index in [4.69, 9.17) is 4.42 Å². The number of furan rings is 1. The lowest BCUT2D eigenvalue weighted by molar-refractivity contribution is -0.121. The van der Waals surface area contributed by atoms with Crippen LogP contribution in [0.2, 0.25) is 0 Å². The summed E-state index contributed by atoms with van der Waals surface area (Å²) in [5.74, 6) is 1.57.